The van der Waals surface area contributed by atoms with Crippen LogP contribution < -0.4 is 15.9 Å². The predicted octanol–water partition coefficient (Wildman–Crippen LogP) is 2.20. The van der Waals surface area contributed by atoms with Gasteiger partial charge >= 0.3 is 0 Å². The number of fused-ring (bicyclic) bond motifs is 1. The van der Waals surface area contributed by atoms with Gasteiger partial charge in [-0.05, 0) is 5.56 Å². The Morgan fingerprint density at radius 3 is 2.86 bits per heavy atom. The molecule has 144 valence electrons. The van der Waals surface area contributed by atoms with Crippen LogP contribution in [0.1, 0.15) is 26.6 Å². The number of pyridine rings is 1. The van der Waals surface area contributed by atoms with Gasteiger partial charge in [0.05, 0.1) is 12.2 Å². The average molecular weight is 396 g/mol. The highest BCUT2D eigenvalue weighted by molar-refractivity contribution is 7.15. The molecular formula is C20H20N4O3S. The number of thiazole rings is 1. The van der Waals surface area contributed by atoms with E-state index in [1.54, 1.807) is 22.7 Å². The first-order valence-corrected chi connectivity index (χ1v) is 9.74. The molecule has 1 aliphatic heterocycles. The molecule has 1 amide bonds. The molecule has 0 unspecified atom stereocenters. The Kier molecular flexibility index (Phi) is 4.87. The molecule has 0 bridgehead atoms. The van der Waals surface area contributed by atoms with Crippen LogP contribution in [0.2, 0.25) is 0 Å². The molecular weight excluding hydrogens is 376 g/mol. The summed E-state index contributed by atoms with van der Waals surface area (Å²) in [6.07, 6.45) is 2.24. The van der Waals surface area contributed by atoms with Gasteiger partial charge in [0.2, 0.25) is 5.43 Å². The van der Waals surface area contributed by atoms with E-state index in [2.05, 4.69) is 4.98 Å². The molecule has 2 N–H and O–H groups in total. The number of carbonyl (C=O) groups excluding carboxylic acids is 1. The van der Waals surface area contributed by atoms with Crippen LogP contribution in [0.3, 0.4) is 0 Å². The number of ether oxygens (including phenoxy) is 1. The largest absolute Gasteiger partial charge is 0.483 e. The van der Waals surface area contributed by atoms with E-state index in [9.17, 15) is 9.59 Å². The van der Waals surface area contributed by atoms with Gasteiger partial charge in [0.1, 0.15) is 6.61 Å². The van der Waals surface area contributed by atoms with Crippen LogP contribution >= 0.6 is 11.3 Å². The number of hydrogen-bond acceptors (Lipinski definition) is 6. The molecule has 7 nitrogen and oxygen atoms in total. The Morgan fingerprint density at radius 2 is 2.07 bits per heavy atom. The lowest BCUT2D eigenvalue weighted by Gasteiger charge is -2.27. The maximum Gasteiger partial charge on any atom is 0.274 e. The lowest BCUT2D eigenvalue weighted by atomic mass is 10.1. The van der Waals surface area contributed by atoms with Gasteiger partial charge in [-0.1, -0.05) is 30.3 Å². The molecule has 0 atom stereocenters. The second-order valence-electron chi connectivity index (χ2n) is 6.64. The number of anilines is 1. The van der Waals surface area contributed by atoms with Crippen molar-refractivity contribution in [3.8, 4) is 5.75 Å². The summed E-state index contributed by atoms with van der Waals surface area (Å²) in [6.45, 7) is 1.18. The van der Waals surface area contributed by atoms with Crippen molar-refractivity contribution in [1.82, 2.24) is 14.5 Å². The number of nitrogens with two attached hydrogens (primary N) is 1. The van der Waals surface area contributed by atoms with Gasteiger partial charge in [0.25, 0.3) is 5.91 Å². The van der Waals surface area contributed by atoms with E-state index in [1.807, 2.05) is 30.3 Å². The molecule has 1 aromatic carbocycles. The van der Waals surface area contributed by atoms with Gasteiger partial charge in [-0.25, -0.2) is 4.98 Å². The molecule has 0 saturated heterocycles. The fourth-order valence-corrected chi connectivity index (χ4v) is 4.16. The Bertz CT molecular complexity index is 1070. The predicted molar refractivity (Wildman–Crippen MR) is 107 cm³/mol. The van der Waals surface area contributed by atoms with Crippen LogP contribution in [0.4, 0.5) is 5.13 Å². The first-order valence-electron chi connectivity index (χ1n) is 8.92. The minimum atomic E-state index is -0.308. The number of aryl methyl sites for hydroxylation is 1. The molecule has 4 rings (SSSR count). The van der Waals surface area contributed by atoms with Gasteiger partial charge in [-0.15, -0.1) is 11.3 Å². The van der Waals surface area contributed by atoms with Crippen molar-refractivity contribution in [3.63, 3.8) is 0 Å². The second kappa shape index (κ2) is 7.47. The zero-order valence-electron chi connectivity index (χ0n) is 15.4. The summed E-state index contributed by atoms with van der Waals surface area (Å²) in [7, 11) is 1.74. The highest BCUT2D eigenvalue weighted by Gasteiger charge is 2.28. The summed E-state index contributed by atoms with van der Waals surface area (Å²) < 4.78 is 7.45. The number of hydrogen-bond donors (Lipinski definition) is 1. The average Bonchev–Trinajstić information content (AvgIpc) is 3.08. The zero-order valence-corrected chi connectivity index (χ0v) is 16.2. The number of nitrogens with zero attached hydrogens (tertiary/aromatic N) is 3. The molecule has 0 spiro atoms. The summed E-state index contributed by atoms with van der Waals surface area (Å²) in [5, 5.41) is 0.512. The van der Waals surface area contributed by atoms with Crippen molar-refractivity contribution in [1.29, 1.82) is 0 Å². The lowest BCUT2D eigenvalue weighted by Crippen LogP contribution is -2.37. The SMILES string of the molecule is Cn1ccc(=O)c(OCc2ccccc2)c1C(=O)N1CCc2nc(N)sc2C1. The fourth-order valence-electron chi connectivity index (χ4n) is 3.26. The maximum absolute atomic E-state index is 13.3. The third-order valence-corrected chi connectivity index (χ3v) is 5.62. The van der Waals surface area contributed by atoms with Crippen molar-refractivity contribution in [2.75, 3.05) is 12.3 Å². The van der Waals surface area contributed by atoms with Gasteiger partial charge in [0.15, 0.2) is 16.6 Å². The van der Waals surface area contributed by atoms with E-state index in [0.29, 0.717) is 24.6 Å². The topological polar surface area (TPSA) is 90.5 Å². The minimum absolute atomic E-state index is 0.0773. The van der Waals surface area contributed by atoms with Crippen LogP contribution in [0, 0.1) is 0 Å². The Hall–Kier alpha value is -3.13. The molecule has 0 aliphatic carbocycles. The van der Waals surface area contributed by atoms with E-state index in [4.69, 9.17) is 10.5 Å². The van der Waals surface area contributed by atoms with Crippen molar-refractivity contribution in [2.24, 2.45) is 7.05 Å². The molecule has 0 fully saturated rings. The Labute approximate surface area is 166 Å². The normalized spacial score (nSPS) is 13.2. The summed E-state index contributed by atoms with van der Waals surface area (Å²) in [5.41, 5.74) is 7.62. The van der Waals surface area contributed by atoms with Crippen LogP contribution in [-0.2, 0) is 26.6 Å². The fraction of sp³-hybridized carbons (Fsp3) is 0.250. The van der Waals surface area contributed by atoms with Crippen molar-refractivity contribution >= 4 is 22.4 Å². The quantitative estimate of drug-likeness (QED) is 0.730. The standard InChI is InChI=1S/C20H20N4O3S/c1-23-9-8-15(25)18(27-12-13-5-3-2-4-6-13)17(23)19(26)24-10-7-14-16(11-24)28-20(21)22-14/h2-6,8-9H,7,10-12H2,1H3,(H2,21,22). The maximum atomic E-state index is 13.3. The van der Waals surface area contributed by atoms with E-state index in [1.165, 1.54) is 17.4 Å². The molecule has 3 heterocycles. The summed E-state index contributed by atoms with van der Waals surface area (Å²) in [6, 6.07) is 11.0. The smallest absolute Gasteiger partial charge is 0.274 e. The van der Waals surface area contributed by atoms with Crippen molar-refractivity contribution < 1.29 is 9.53 Å². The summed E-state index contributed by atoms with van der Waals surface area (Å²) in [4.78, 5) is 32.7. The second-order valence-corrected chi connectivity index (χ2v) is 7.76. The van der Waals surface area contributed by atoms with Gasteiger partial charge in [-0.2, -0.15) is 0 Å². The minimum Gasteiger partial charge on any atom is -0.483 e. The Morgan fingerprint density at radius 1 is 1.29 bits per heavy atom. The Balaban J connectivity index is 1.62. The van der Waals surface area contributed by atoms with E-state index in [-0.39, 0.29) is 29.4 Å². The third-order valence-electron chi connectivity index (χ3n) is 4.70. The highest BCUT2D eigenvalue weighted by atomic mass is 32.1. The van der Waals surface area contributed by atoms with E-state index < -0.39 is 0 Å². The monoisotopic (exact) mass is 396 g/mol. The number of benzene rings is 1. The molecule has 28 heavy (non-hydrogen) atoms. The van der Waals surface area contributed by atoms with Crippen LogP contribution in [0.15, 0.2) is 47.4 Å². The summed E-state index contributed by atoms with van der Waals surface area (Å²) in [5.74, 6) is -0.158. The van der Waals surface area contributed by atoms with Crippen molar-refractivity contribution in [2.45, 2.75) is 19.6 Å². The number of nitrogen functional groups attached to an aromatic ring is 1. The van der Waals surface area contributed by atoms with Gasteiger partial charge < -0.3 is 19.9 Å². The lowest BCUT2D eigenvalue weighted by molar-refractivity contribution is 0.0719. The van der Waals surface area contributed by atoms with Gasteiger partial charge in [0, 0.05) is 37.2 Å². The molecule has 0 radical (unpaired) electrons. The molecule has 1 aliphatic rings. The molecule has 0 saturated carbocycles. The zero-order chi connectivity index (χ0) is 19.7. The highest BCUT2D eigenvalue weighted by Crippen LogP contribution is 2.28. The van der Waals surface area contributed by atoms with Crippen LogP contribution in [0.5, 0.6) is 5.75 Å². The van der Waals surface area contributed by atoms with Gasteiger partial charge in [-0.3, -0.25) is 9.59 Å². The van der Waals surface area contributed by atoms with Crippen molar-refractivity contribution in [3.05, 3.63) is 74.6 Å². The molecule has 2 aromatic heterocycles. The number of rotatable bonds is 4. The first-order chi connectivity index (χ1) is 13.5. The molecule has 8 heteroatoms. The number of amides is 1. The molecule has 3 aromatic rings. The summed E-state index contributed by atoms with van der Waals surface area (Å²) >= 11 is 1.40. The number of carbonyl (C=O) groups is 1. The van der Waals surface area contributed by atoms with Crippen LogP contribution in [-0.4, -0.2) is 26.9 Å². The number of aromatic nitrogens is 2. The third kappa shape index (κ3) is 3.50. The van der Waals surface area contributed by atoms with E-state index in [0.717, 1.165) is 16.1 Å². The van der Waals surface area contributed by atoms with E-state index >= 15 is 0 Å². The van der Waals surface area contributed by atoms with Crippen LogP contribution in [0.25, 0.3) is 0 Å². The first kappa shape index (κ1) is 18.2.